The van der Waals surface area contributed by atoms with Crippen LogP contribution >= 0.6 is 0 Å². The molecule has 21 heavy (non-hydrogen) atoms. The molecular weight excluding hydrogens is 276 g/mol. The van der Waals surface area contributed by atoms with Crippen LogP contribution in [0.3, 0.4) is 0 Å². The Morgan fingerprint density at radius 3 is 2.19 bits per heavy atom. The molecule has 3 aromatic rings. The lowest BCUT2D eigenvalue weighted by molar-refractivity contribution is 0.225. The number of rotatable bonds is 5. The zero-order valence-electron chi connectivity index (χ0n) is 12.4. The second kappa shape index (κ2) is 6.39. The van der Waals surface area contributed by atoms with Gasteiger partial charge in [-0.1, -0.05) is 54.6 Å². The van der Waals surface area contributed by atoms with Gasteiger partial charge in [-0.15, -0.1) is 0 Å². The van der Waals surface area contributed by atoms with Gasteiger partial charge in [-0.3, -0.25) is 0 Å². The van der Waals surface area contributed by atoms with Crippen LogP contribution in [0.5, 0.6) is 0 Å². The Morgan fingerprint density at radius 1 is 0.714 bits per heavy atom. The van der Waals surface area contributed by atoms with E-state index in [0.717, 1.165) is 0 Å². The van der Waals surface area contributed by atoms with Crippen LogP contribution < -0.4 is 5.19 Å². The first-order valence-corrected chi connectivity index (χ1v) is 8.70. The van der Waals surface area contributed by atoms with E-state index >= 15 is 0 Å². The highest BCUT2D eigenvalue weighted by atomic mass is 28.3. The van der Waals surface area contributed by atoms with E-state index in [0.29, 0.717) is 13.2 Å². The molecule has 0 N–H and O–H groups in total. The summed E-state index contributed by atoms with van der Waals surface area (Å²) in [6.07, 6.45) is 0. The topological polar surface area (TPSA) is 18.5 Å². The fourth-order valence-corrected chi connectivity index (χ4v) is 4.27. The maximum Gasteiger partial charge on any atom is 0.424 e. The molecular formula is C18H19O2Si. The van der Waals surface area contributed by atoms with Crippen molar-refractivity contribution < 1.29 is 8.85 Å². The summed E-state index contributed by atoms with van der Waals surface area (Å²) < 4.78 is 11.7. The fourth-order valence-electron chi connectivity index (χ4n) is 2.68. The Hall–Kier alpha value is -1.68. The van der Waals surface area contributed by atoms with Gasteiger partial charge in [0.1, 0.15) is 0 Å². The summed E-state index contributed by atoms with van der Waals surface area (Å²) in [5.74, 6) is 0. The van der Waals surface area contributed by atoms with Gasteiger partial charge in [0, 0.05) is 18.4 Å². The second-order valence-corrected chi connectivity index (χ2v) is 6.53. The van der Waals surface area contributed by atoms with Crippen molar-refractivity contribution >= 4 is 36.0 Å². The van der Waals surface area contributed by atoms with E-state index in [1.807, 2.05) is 13.8 Å². The minimum Gasteiger partial charge on any atom is -0.390 e. The van der Waals surface area contributed by atoms with E-state index in [1.54, 1.807) is 0 Å². The molecule has 107 valence electrons. The van der Waals surface area contributed by atoms with Gasteiger partial charge in [0.15, 0.2) is 0 Å². The molecule has 0 atom stereocenters. The van der Waals surface area contributed by atoms with Crippen molar-refractivity contribution in [2.45, 2.75) is 13.8 Å². The molecule has 2 nitrogen and oxygen atoms in total. The first kappa shape index (κ1) is 14.3. The maximum atomic E-state index is 5.87. The quantitative estimate of drug-likeness (QED) is 0.527. The van der Waals surface area contributed by atoms with Gasteiger partial charge in [-0.25, -0.2) is 0 Å². The van der Waals surface area contributed by atoms with Crippen LogP contribution in [-0.4, -0.2) is 22.5 Å². The molecule has 0 unspecified atom stereocenters. The normalized spacial score (nSPS) is 11.6. The molecule has 0 aliphatic carbocycles. The minimum atomic E-state index is -1.42. The predicted molar refractivity (Wildman–Crippen MR) is 90.1 cm³/mol. The molecule has 0 fully saturated rings. The molecule has 0 saturated heterocycles. The lowest BCUT2D eigenvalue weighted by Gasteiger charge is -2.16. The standard InChI is InChI=1S/C18H19O2Si/c1-3-19-21(20-4-2)18-11-7-10-16-15-9-6-5-8-14(15)12-13-17(16)18/h5-13H,3-4H2,1-2H3. The van der Waals surface area contributed by atoms with Crippen LogP contribution in [0.4, 0.5) is 0 Å². The highest BCUT2D eigenvalue weighted by Crippen LogP contribution is 2.24. The molecule has 1 radical (unpaired) electrons. The van der Waals surface area contributed by atoms with Crippen LogP contribution in [0.15, 0.2) is 54.6 Å². The number of hydrogen-bond donors (Lipinski definition) is 0. The Bertz CT molecular complexity index is 748. The van der Waals surface area contributed by atoms with Crippen molar-refractivity contribution in [3.05, 3.63) is 54.6 Å². The van der Waals surface area contributed by atoms with E-state index < -0.39 is 9.28 Å². The largest absolute Gasteiger partial charge is 0.424 e. The van der Waals surface area contributed by atoms with Crippen molar-refractivity contribution in [2.24, 2.45) is 0 Å². The van der Waals surface area contributed by atoms with Crippen LogP contribution in [0.2, 0.25) is 0 Å². The third-order valence-electron chi connectivity index (χ3n) is 3.56. The molecule has 3 heteroatoms. The Kier molecular flexibility index (Phi) is 4.34. The van der Waals surface area contributed by atoms with E-state index in [4.69, 9.17) is 8.85 Å². The smallest absolute Gasteiger partial charge is 0.390 e. The van der Waals surface area contributed by atoms with Crippen molar-refractivity contribution in [1.82, 2.24) is 0 Å². The molecule has 0 aromatic heterocycles. The summed E-state index contributed by atoms with van der Waals surface area (Å²) in [6.45, 7) is 5.39. The summed E-state index contributed by atoms with van der Waals surface area (Å²) in [7, 11) is -1.42. The number of fused-ring (bicyclic) bond motifs is 3. The summed E-state index contributed by atoms with van der Waals surface area (Å²) >= 11 is 0. The summed E-state index contributed by atoms with van der Waals surface area (Å²) in [5, 5.41) is 6.27. The van der Waals surface area contributed by atoms with Gasteiger partial charge in [0.25, 0.3) is 0 Å². The number of benzene rings is 3. The molecule has 0 heterocycles. The highest BCUT2D eigenvalue weighted by Gasteiger charge is 2.20. The first-order chi connectivity index (χ1) is 10.3. The van der Waals surface area contributed by atoms with E-state index in [9.17, 15) is 0 Å². The molecule has 3 aromatic carbocycles. The Morgan fingerprint density at radius 2 is 1.43 bits per heavy atom. The molecule has 0 aliphatic heterocycles. The first-order valence-electron chi connectivity index (χ1n) is 7.38. The van der Waals surface area contributed by atoms with Crippen molar-refractivity contribution in [1.29, 1.82) is 0 Å². The molecule has 3 rings (SSSR count). The SMILES string of the molecule is CCO[Si](OCC)c1cccc2c1ccc1ccccc12. The van der Waals surface area contributed by atoms with E-state index in [1.165, 1.54) is 26.7 Å². The average Bonchev–Trinajstić information content (AvgIpc) is 2.54. The molecule has 0 bridgehead atoms. The van der Waals surface area contributed by atoms with Crippen LogP contribution in [0.25, 0.3) is 21.5 Å². The summed E-state index contributed by atoms with van der Waals surface area (Å²) in [5.41, 5.74) is 0. The predicted octanol–water partition coefficient (Wildman–Crippen LogP) is 3.76. The average molecular weight is 295 g/mol. The van der Waals surface area contributed by atoms with Crippen molar-refractivity contribution in [3.8, 4) is 0 Å². The second-order valence-electron chi connectivity index (χ2n) is 4.84. The monoisotopic (exact) mass is 295 g/mol. The maximum absolute atomic E-state index is 5.87. The third-order valence-corrected chi connectivity index (χ3v) is 5.53. The zero-order valence-corrected chi connectivity index (χ0v) is 13.4. The van der Waals surface area contributed by atoms with Gasteiger partial charge in [0.05, 0.1) is 0 Å². The van der Waals surface area contributed by atoms with Gasteiger partial charge >= 0.3 is 9.28 Å². The zero-order chi connectivity index (χ0) is 14.7. The lowest BCUT2D eigenvalue weighted by atomic mass is 10.0. The van der Waals surface area contributed by atoms with E-state index in [2.05, 4.69) is 54.6 Å². The molecule has 0 saturated carbocycles. The van der Waals surface area contributed by atoms with Crippen LogP contribution in [-0.2, 0) is 8.85 Å². The fraction of sp³-hybridized carbons (Fsp3) is 0.222. The minimum absolute atomic E-state index is 0.679. The Balaban J connectivity index is 2.21. The third kappa shape index (κ3) is 2.72. The Labute approximate surface area is 127 Å². The molecule has 0 amide bonds. The lowest BCUT2D eigenvalue weighted by Crippen LogP contribution is -2.37. The summed E-state index contributed by atoms with van der Waals surface area (Å²) in [6, 6.07) is 19.3. The van der Waals surface area contributed by atoms with Crippen molar-refractivity contribution in [2.75, 3.05) is 13.2 Å². The van der Waals surface area contributed by atoms with Gasteiger partial charge in [-0.05, 0) is 35.4 Å². The van der Waals surface area contributed by atoms with E-state index in [-0.39, 0.29) is 0 Å². The van der Waals surface area contributed by atoms with Gasteiger partial charge < -0.3 is 8.85 Å². The molecule has 0 aliphatic rings. The summed E-state index contributed by atoms with van der Waals surface area (Å²) in [4.78, 5) is 0. The van der Waals surface area contributed by atoms with Crippen LogP contribution in [0.1, 0.15) is 13.8 Å². The van der Waals surface area contributed by atoms with Crippen molar-refractivity contribution in [3.63, 3.8) is 0 Å². The number of hydrogen-bond acceptors (Lipinski definition) is 2. The van der Waals surface area contributed by atoms with Crippen LogP contribution in [0, 0.1) is 0 Å². The molecule has 0 spiro atoms. The van der Waals surface area contributed by atoms with Gasteiger partial charge in [-0.2, -0.15) is 0 Å². The van der Waals surface area contributed by atoms with Gasteiger partial charge in [0.2, 0.25) is 0 Å². The highest BCUT2D eigenvalue weighted by molar-refractivity contribution is 6.64.